The van der Waals surface area contributed by atoms with Crippen LogP contribution >= 0.6 is 0 Å². The normalized spacial score (nSPS) is 15.2. The Labute approximate surface area is 142 Å². The fourth-order valence-corrected chi connectivity index (χ4v) is 3.32. The summed E-state index contributed by atoms with van der Waals surface area (Å²) in [6, 6.07) is 14.3. The molecule has 4 heteroatoms. The van der Waals surface area contributed by atoms with Gasteiger partial charge in [0.15, 0.2) is 0 Å². The molecule has 2 N–H and O–H groups in total. The monoisotopic (exact) mass is 327 g/mol. The van der Waals surface area contributed by atoms with Crippen LogP contribution in [0.4, 0.5) is 4.39 Å². The lowest BCUT2D eigenvalue weighted by Gasteiger charge is -2.24. The van der Waals surface area contributed by atoms with Crippen LogP contribution in [0, 0.1) is 5.82 Å². The number of carbonyl (C=O) groups excluding carboxylic acids is 1. The van der Waals surface area contributed by atoms with Crippen LogP contribution in [0.15, 0.2) is 48.5 Å². The van der Waals surface area contributed by atoms with E-state index in [-0.39, 0.29) is 11.5 Å². The van der Waals surface area contributed by atoms with E-state index >= 15 is 0 Å². The SMILES string of the molecule is O=C(NCc1ccccc1C[NH+]1CCCCC1)c1ccccc1F. The van der Waals surface area contributed by atoms with Crippen molar-refractivity contribution in [3.05, 3.63) is 71.0 Å². The molecule has 3 rings (SSSR count). The van der Waals surface area contributed by atoms with Gasteiger partial charge in [-0.05, 0) is 37.0 Å². The average Bonchev–Trinajstić information content (AvgIpc) is 2.62. The highest BCUT2D eigenvalue weighted by Crippen LogP contribution is 2.10. The number of nitrogens with one attached hydrogen (secondary N) is 2. The number of halogens is 1. The number of carbonyl (C=O) groups is 1. The van der Waals surface area contributed by atoms with Gasteiger partial charge in [-0.3, -0.25) is 4.79 Å². The Morgan fingerprint density at radius 3 is 2.38 bits per heavy atom. The summed E-state index contributed by atoms with van der Waals surface area (Å²) in [5.74, 6) is -0.853. The number of piperidine rings is 1. The summed E-state index contributed by atoms with van der Waals surface area (Å²) in [4.78, 5) is 13.8. The molecule has 0 radical (unpaired) electrons. The van der Waals surface area contributed by atoms with E-state index in [0.29, 0.717) is 6.54 Å². The van der Waals surface area contributed by atoms with E-state index in [0.717, 1.165) is 12.1 Å². The zero-order chi connectivity index (χ0) is 16.8. The second-order valence-electron chi connectivity index (χ2n) is 6.42. The number of likely N-dealkylation sites (tertiary alicyclic amines) is 1. The van der Waals surface area contributed by atoms with E-state index in [1.807, 2.05) is 18.2 Å². The van der Waals surface area contributed by atoms with Gasteiger partial charge < -0.3 is 10.2 Å². The van der Waals surface area contributed by atoms with Crippen molar-refractivity contribution in [3.63, 3.8) is 0 Å². The molecule has 1 aliphatic heterocycles. The lowest BCUT2D eigenvalue weighted by molar-refractivity contribution is -0.918. The first-order chi connectivity index (χ1) is 11.7. The standard InChI is InChI=1S/C20H23FN2O/c21-19-11-5-4-10-18(19)20(24)22-14-16-8-2-3-9-17(16)15-23-12-6-1-7-13-23/h2-5,8-11H,1,6-7,12-15H2,(H,22,24)/p+1. The average molecular weight is 327 g/mol. The molecule has 24 heavy (non-hydrogen) atoms. The number of quaternary nitrogens is 1. The Balaban J connectivity index is 1.64. The van der Waals surface area contributed by atoms with Crippen molar-refractivity contribution < 1.29 is 14.1 Å². The Kier molecular flexibility index (Phi) is 5.59. The predicted molar refractivity (Wildman–Crippen MR) is 92.3 cm³/mol. The van der Waals surface area contributed by atoms with Crippen LogP contribution in [0.1, 0.15) is 40.7 Å². The third kappa shape index (κ3) is 4.20. The molecule has 2 aromatic rings. The van der Waals surface area contributed by atoms with Gasteiger partial charge in [-0.15, -0.1) is 0 Å². The third-order valence-electron chi connectivity index (χ3n) is 4.68. The van der Waals surface area contributed by atoms with Crippen LogP contribution in [0.25, 0.3) is 0 Å². The minimum absolute atomic E-state index is 0.0941. The summed E-state index contributed by atoms with van der Waals surface area (Å²) in [6.07, 6.45) is 3.92. The van der Waals surface area contributed by atoms with Crippen molar-refractivity contribution in [2.75, 3.05) is 13.1 Å². The van der Waals surface area contributed by atoms with Crippen LogP contribution in [-0.2, 0) is 13.1 Å². The molecule has 0 aliphatic carbocycles. The van der Waals surface area contributed by atoms with Crippen LogP contribution in [0.3, 0.4) is 0 Å². The number of rotatable bonds is 5. The minimum Gasteiger partial charge on any atom is -0.348 e. The van der Waals surface area contributed by atoms with E-state index in [1.165, 1.54) is 50.0 Å². The van der Waals surface area contributed by atoms with Crippen molar-refractivity contribution in [2.24, 2.45) is 0 Å². The maximum atomic E-state index is 13.7. The first-order valence-corrected chi connectivity index (χ1v) is 8.67. The molecule has 0 bridgehead atoms. The Morgan fingerprint density at radius 2 is 1.62 bits per heavy atom. The van der Waals surface area contributed by atoms with Gasteiger partial charge in [-0.2, -0.15) is 0 Å². The van der Waals surface area contributed by atoms with Crippen molar-refractivity contribution in [2.45, 2.75) is 32.4 Å². The van der Waals surface area contributed by atoms with Gasteiger partial charge >= 0.3 is 0 Å². The molecule has 0 atom stereocenters. The molecule has 1 heterocycles. The van der Waals surface area contributed by atoms with E-state index in [1.54, 1.807) is 17.0 Å². The Morgan fingerprint density at radius 1 is 0.958 bits per heavy atom. The van der Waals surface area contributed by atoms with Crippen LogP contribution < -0.4 is 10.2 Å². The predicted octanol–water partition coefficient (Wildman–Crippen LogP) is 2.32. The number of amides is 1. The van der Waals surface area contributed by atoms with Crippen LogP contribution in [0.2, 0.25) is 0 Å². The molecule has 1 aliphatic rings. The van der Waals surface area contributed by atoms with E-state index in [9.17, 15) is 9.18 Å². The summed E-state index contributed by atoms with van der Waals surface area (Å²) in [7, 11) is 0. The highest BCUT2D eigenvalue weighted by molar-refractivity contribution is 5.94. The Hall–Kier alpha value is -2.20. The zero-order valence-corrected chi connectivity index (χ0v) is 13.9. The molecule has 0 aromatic heterocycles. The summed E-state index contributed by atoms with van der Waals surface area (Å²) < 4.78 is 13.7. The van der Waals surface area contributed by atoms with Gasteiger partial charge in [0.2, 0.25) is 0 Å². The van der Waals surface area contributed by atoms with Crippen molar-refractivity contribution >= 4 is 5.91 Å². The molecule has 1 saturated heterocycles. The summed E-state index contributed by atoms with van der Waals surface area (Å²) in [5, 5.41) is 2.85. The minimum atomic E-state index is -0.485. The fourth-order valence-electron chi connectivity index (χ4n) is 3.32. The number of hydrogen-bond donors (Lipinski definition) is 2. The molecule has 0 spiro atoms. The zero-order valence-electron chi connectivity index (χ0n) is 13.9. The summed E-state index contributed by atoms with van der Waals surface area (Å²) in [6.45, 7) is 3.86. The van der Waals surface area contributed by atoms with Gasteiger partial charge in [0.05, 0.1) is 18.7 Å². The van der Waals surface area contributed by atoms with Crippen LogP contribution in [-0.4, -0.2) is 19.0 Å². The maximum Gasteiger partial charge on any atom is 0.254 e. The van der Waals surface area contributed by atoms with E-state index in [2.05, 4.69) is 11.4 Å². The molecule has 126 valence electrons. The second kappa shape index (κ2) is 8.06. The number of benzene rings is 2. The lowest BCUT2D eigenvalue weighted by atomic mass is 10.0. The molecule has 3 nitrogen and oxygen atoms in total. The van der Waals surface area contributed by atoms with Crippen molar-refractivity contribution in [1.82, 2.24) is 5.32 Å². The summed E-state index contributed by atoms with van der Waals surface area (Å²) in [5.41, 5.74) is 2.47. The molecule has 1 amide bonds. The molecule has 2 aromatic carbocycles. The molecule has 1 fully saturated rings. The quantitative estimate of drug-likeness (QED) is 0.868. The van der Waals surface area contributed by atoms with Gasteiger partial charge in [-0.25, -0.2) is 4.39 Å². The molecule has 0 saturated carbocycles. The van der Waals surface area contributed by atoms with Crippen LogP contribution in [0.5, 0.6) is 0 Å². The molecular formula is C20H24FN2O+. The first kappa shape index (κ1) is 16.7. The van der Waals surface area contributed by atoms with E-state index < -0.39 is 5.82 Å². The van der Waals surface area contributed by atoms with Gasteiger partial charge in [0.25, 0.3) is 5.91 Å². The maximum absolute atomic E-state index is 13.7. The first-order valence-electron chi connectivity index (χ1n) is 8.67. The fraction of sp³-hybridized carbons (Fsp3) is 0.350. The summed E-state index contributed by atoms with van der Waals surface area (Å²) >= 11 is 0. The van der Waals surface area contributed by atoms with Crippen molar-refractivity contribution in [3.8, 4) is 0 Å². The molecular weight excluding hydrogens is 303 g/mol. The highest BCUT2D eigenvalue weighted by atomic mass is 19.1. The van der Waals surface area contributed by atoms with E-state index in [4.69, 9.17) is 0 Å². The van der Waals surface area contributed by atoms with Gasteiger partial charge in [0, 0.05) is 12.1 Å². The number of hydrogen-bond acceptors (Lipinski definition) is 1. The second-order valence-corrected chi connectivity index (χ2v) is 6.42. The third-order valence-corrected chi connectivity index (χ3v) is 4.68. The largest absolute Gasteiger partial charge is 0.348 e. The highest BCUT2D eigenvalue weighted by Gasteiger charge is 2.16. The lowest BCUT2D eigenvalue weighted by Crippen LogP contribution is -3.11. The molecule has 0 unspecified atom stereocenters. The topological polar surface area (TPSA) is 33.5 Å². The smallest absolute Gasteiger partial charge is 0.254 e. The van der Waals surface area contributed by atoms with Crippen molar-refractivity contribution in [1.29, 1.82) is 0 Å². The Bertz CT molecular complexity index is 696. The van der Waals surface area contributed by atoms with Gasteiger partial charge in [-0.1, -0.05) is 36.4 Å². The van der Waals surface area contributed by atoms with Gasteiger partial charge in [0.1, 0.15) is 12.4 Å².